The van der Waals surface area contributed by atoms with Crippen molar-refractivity contribution >= 4 is 11.6 Å². The van der Waals surface area contributed by atoms with Gasteiger partial charge in [-0.1, -0.05) is 54.1 Å². The van der Waals surface area contributed by atoms with Crippen LogP contribution in [0.5, 0.6) is 0 Å². The van der Waals surface area contributed by atoms with Crippen molar-refractivity contribution in [2.24, 2.45) is 0 Å². The molecule has 1 atom stereocenters. The molecule has 0 aliphatic heterocycles. The monoisotopic (exact) mass is 299 g/mol. The van der Waals surface area contributed by atoms with E-state index in [4.69, 9.17) is 11.6 Å². The summed E-state index contributed by atoms with van der Waals surface area (Å²) in [6, 6.07) is 17.8. The minimum atomic E-state index is 0.307. The lowest BCUT2D eigenvalue weighted by molar-refractivity contribution is 0.270. The lowest BCUT2D eigenvalue weighted by Crippen LogP contribution is -2.41. The smallest absolute Gasteiger partial charge is 0.0453 e. The molecule has 2 aromatic rings. The van der Waals surface area contributed by atoms with E-state index in [9.17, 15) is 0 Å². The zero-order valence-corrected chi connectivity index (χ0v) is 13.4. The van der Waals surface area contributed by atoms with E-state index in [1.54, 1.807) is 0 Å². The van der Waals surface area contributed by atoms with Gasteiger partial charge in [-0.25, -0.2) is 0 Å². The second-order valence-electron chi connectivity index (χ2n) is 6.13. The lowest BCUT2D eigenvalue weighted by Gasteiger charge is -2.39. The van der Waals surface area contributed by atoms with E-state index in [1.165, 1.54) is 29.5 Å². The van der Waals surface area contributed by atoms with E-state index in [1.807, 2.05) is 12.1 Å². The fourth-order valence-corrected chi connectivity index (χ4v) is 3.62. The van der Waals surface area contributed by atoms with Crippen LogP contribution in [0.3, 0.4) is 0 Å². The normalized spacial score (nSPS) is 22.6. The Labute approximate surface area is 132 Å². The van der Waals surface area contributed by atoms with Gasteiger partial charge in [-0.15, -0.1) is 0 Å². The predicted molar refractivity (Wildman–Crippen MR) is 89.9 cm³/mol. The second kappa shape index (κ2) is 6.21. The van der Waals surface area contributed by atoms with Gasteiger partial charge in [-0.3, -0.25) is 0 Å². The summed E-state index contributed by atoms with van der Waals surface area (Å²) in [5.74, 6) is 0.710. The second-order valence-corrected chi connectivity index (χ2v) is 6.54. The van der Waals surface area contributed by atoms with Gasteiger partial charge in [0.2, 0.25) is 0 Å². The molecule has 0 saturated heterocycles. The van der Waals surface area contributed by atoms with Crippen LogP contribution in [-0.2, 0) is 0 Å². The quantitative estimate of drug-likeness (QED) is 0.813. The third-order valence-corrected chi connectivity index (χ3v) is 4.97. The van der Waals surface area contributed by atoms with Crippen molar-refractivity contribution < 1.29 is 0 Å². The lowest BCUT2D eigenvalue weighted by atomic mass is 9.74. The summed E-state index contributed by atoms with van der Waals surface area (Å²) in [6.07, 6.45) is 2.44. The first-order valence-corrected chi connectivity index (χ1v) is 8.09. The fourth-order valence-electron chi connectivity index (χ4n) is 3.32. The number of rotatable bonds is 4. The van der Waals surface area contributed by atoms with Gasteiger partial charge in [0.1, 0.15) is 0 Å². The molecule has 1 N–H and O–H groups in total. The van der Waals surface area contributed by atoms with Gasteiger partial charge in [-0.05, 0) is 55.4 Å². The summed E-state index contributed by atoms with van der Waals surface area (Å²) >= 11 is 6.27. The van der Waals surface area contributed by atoms with E-state index in [2.05, 4.69) is 55.6 Å². The number of nitrogens with one attached hydrogen (secondary N) is 1. The highest BCUT2D eigenvalue weighted by Gasteiger charge is 2.31. The maximum Gasteiger partial charge on any atom is 0.0453 e. The molecule has 2 aromatic carbocycles. The van der Waals surface area contributed by atoms with E-state index in [-0.39, 0.29) is 0 Å². The van der Waals surface area contributed by atoms with Gasteiger partial charge < -0.3 is 5.32 Å². The maximum atomic E-state index is 6.27. The van der Waals surface area contributed by atoms with Crippen molar-refractivity contribution in [3.05, 3.63) is 70.2 Å². The Hall–Kier alpha value is -1.31. The standard InChI is InChI=1S/C19H22ClN/c1-13-7-3-4-8-17(13)15-11-16(12-15)21-14(2)18-9-5-6-10-19(18)20/h3-10,14-16,21H,11-12H2,1-2H3/t14-,15?,16?/m0/s1. The molecule has 2 heteroatoms. The summed E-state index contributed by atoms with van der Waals surface area (Å²) in [7, 11) is 0. The van der Waals surface area contributed by atoms with Crippen LogP contribution >= 0.6 is 11.6 Å². The molecule has 0 bridgehead atoms. The molecule has 21 heavy (non-hydrogen) atoms. The third kappa shape index (κ3) is 3.14. The summed E-state index contributed by atoms with van der Waals surface area (Å²) in [6.45, 7) is 4.41. The van der Waals surface area contributed by atoms with Crippen LogP contribution in [0.4, 0.5) is 0 Å². The Bertz CT molecular complexity index is 616. The molecule has 0 heterocycles. The van der Waals surface area contributed by atoms with Gasteiger partial charge in [0, 0.05) is 17.1 Å². The Morgan fingerprint density at radius 1 is 1.05 bits per heavy atom. The number of hydrogen-bond acceptors (Lipinski definition) is 1. The van der Waals surface area contributed by atoms with Gasteiger partial charge >= 0.3 is 0 Å². The van der Waals surface area contributed by atoms with Gasteiger partial charge in [0.05, 0.1) is 0 Å². The number of benzene rings is 2. The third-order valence-electron chi connectivity index (χ3n) is 4.62. The van der Waals surface area contributed by atoms with E-state index in [0.717, 1.165) is 5.02 Å². The summed E-state index contributed by atoms with van der Waals surface area (Å²) in [5, 5.41) is 4.56. The van der Waals surface area contributed by atoms with Crippen LogP contribution in [0.1, 0.15) is 48.4 Å². The molecular weight excluding hydrogens is 278 g/mol. The minimum Gasteiger partial charge on any atom is -0.307 e. The van der Waals surface area contributed by atoms with E-state index in [0.29, 0.717) is 18.0 Å². The van der Waals surface area contributed by atoms with Crippen molar-refractivity contribution in [1.29, 1.82) is 0 Å². The van der Waals surface area contributed by atoms with E-state index < -0.39 is 0 Å². The molecule has 0 aromatic heterocycles. The molecule has 0 radical (unpaired) electrons. The first-order valence-electron chi connectivity index (χ1n) is 7.71. The Balaban J connectivity index is 1.58. The molecule has 0 spiro atoms. The van der Waals surface area contributed by atoms with Crippen molar-refractivity contribution in [2.75, 3.05) is 0 Å². The molecular formula is C19H22ClN. The number of aryl methyl sites for hydroxylation is 1. The van der Waals surface area contributed by atoms with Crippen LogP contribution in [0.2, 0.25) is 5.02 Å². The minimum absolute atomic E-state index is 0.307. The van der Waals surface area contributed by atoms with Gasteiger partial charge in [0.25, 0.3) is 0 Å². The highest BCUT2D eigenvalue weighted by atomic mass is 35.5. The van der Waals surface area contributed by atoms with Crippen LogP contribution in [0, 0.1) is 6.92 Å². The highest BCUT2D eigenvalue weighted by molar-refractivity contribution is 6.31. The van der Waals surface area contributed by atoms with Gasteiger partial charge in [-0.2, -0.15) is 0 Å². The first kappa shape index (κ1) is 14.6. The van der Waals surface area contributed by atoms with Gasteiger partial charge in [0.15, 0.2) is 0 Å². The van der Waals surface area contributed by atoms with Crippen molar-refractivity contribution in [2.45, 2.75) is 44.7 Å². The van der Waals surface area contributed by atoms with Crippen LogP contribution < -0.4 is 5.32 Å². The Morgan fingerprint density at radius 2 is 1.71 bits per heavy atom. The predicted octanol–water partition coefficient (Wildman–Crippen LogP) is 5.25. The Morgan fingerprint density at radius 3 is 2.43 bits per heavy atom. The van der Waals surface area contributed by atoms with Crippen LogP contribution in [-0.4, -0.2) is 6.04 Å². The average molecular weight is 300 g/mol. The first-order chi connectivity index (χ1) is 10.1. The zero-order chi connectivity index (χ0) is 14.8. The summed E-state index contributed by atoms with van der Waals surface area (Å²) in [4.78, 5) is 0. The largest absolute Gasteiger partial charge is 0.307 e. The van der Waals surface area contributed by atoms with Crippen LogP contribution in [0.15, 0.2) is 48.5 Å². The molecule has 1 aliphatic carbocycles. The van der Waals surface area contributed by atoms with Crippen molar-refractivity contribution in [3.8, 4) is 0 Å². The average Bonchev–Trinajstić information content (AvgIpc) is 2.44. The highest BCUT2D eigenvalue weighted by Crippen LogP contribution is 2.39. The fraction of sp³-hybridized carbons (Fsp3) is 0.368. The molecule has 3 rings (SSSR count). The molecule has 110 valence electrons. The van der Waals surface area contributed by atoms with Crippen molar-refractivity contribution in [1.82, 2.24) is 5.32 Å². The van der Waals surface area contributed by atoms with Crippen LogP contribution in [0.25, 0.3) is 0 Å². The molecule has 0 unspecified atom stereocenters. The number of hydrogen-bond donors (Lipinski definition) is 1. The summed E-state index contributed by atoms with van der Waals surface area (Å²) < 4.78 is 0. The van der Waals surface area contributed by atoms with E-state index >= 15 is 0 Å². The SMILES string of the molecule is Cc1ccccc1C1CC(N[C@@H](C)c2ccccc2Cl)C1. The summed E-state index contributed by atoms with van der Waals surface area (Å²) in [5.41, 5.74) is 4.12. The number of halogens is 1. The topological polar surface area (TPSA) is 12.0 Å². The molecule has 1 saturated carbocycles. The molecule has 0 amide bonds. The zero-order valence-electron chi connectivity index (χ0n) is 12.6. The maximum absolute atomic E-state index is 6.27. The molecule has 1 nitrogen and oxygen atoms in total. The molecule has 1 fully saturated rings. The Kier molecular flexibility index (Phi) is 4.32. The van der Waals surface area contributed by atoms with Crippen molar-refractivity contribution in [3.63, 3.8) is 0 Å². The molecule has 1 aliphatic rings.